The molecule has 0 atom stereocenters. The second-order valence-electron chi connectivity index (χ2n) is 8.57. The van der Waals surface area contributed by atoms with E-state index in [9.17, 15) is 4.79 Å². The van der Waals surface area contributed by atoms with E-state index in [4.69, 9.17) is 4.52 Å². The van der Waals surface area contributed by atoms with Gasteiger partial charge < -0.3 is 0 Å². The Bertz CT molecular complexity index is 855. The molecule has 0 bridgehead atoms. The first-order valence-electron chi connectivity index (χ1n) is 12.1. The molecule has 0 saturated heterocycles. The first kappa shape index (κ1) is 24.2. The monoisotopic (exact) mass is 448 g/mol. The summed E-state index contributed by atoms with van der Waals surface area (Å²) >= 11 is 0. The van der Waals surface area contributed by atoms with Crippen molar-refractivity contribution in [3.63, 3.8) is 0 Å². The van der Waals surface area contributed by atoms with Gasteiger partial charge in [-0.3, -0.25) is 0 Å². The zero-order chi connectivity index (χ0) is 22.7. The molecule has 170 valence electrons. The molecule has 0 N–H and O–H groups in total. The van der Waals surface area contributed by atoms with Crippen molar-refractivity contribution in [1.82, 2.24) is 0 Å². The Labute approximate surface area is 194 Å². The second kappa shape index (κ2) is 11.4. The predicted molar refractivity (Wildman–Crippen MR) is 140 cm³/mol. The van der Waals surface area contributed by atoms with Gasteiger partial charge in [-0.05, 0) is 0 Å². The van der Waals surface area contributed by atoms with Crippen LogP contribution in [-0.4, -0.2) is 12.1 Å². The van der Waals surface area contributed by atoms with Gasteiger partial charge in [0.1, 0.15) is 0 Å². The summed E-state index contributed by atoms with van der Waals surface area (Å²) in [6.07, 6.45) is 7.75. The fourth-order valence-corrected chi connectivity index (χ4v) is 10.7. The van der Waals surface area contributed by atoms with Crippen molar-refractivity contribution in [2.75, 3.05) is 6.16 Å². The van der Waals surface area contributed by atoms with Gasteiger partial charge in [0.15, 0.2) is 0 Å². The molecule has 0 unspecified atom stereocenters. The van der Waals surface area contributed by atoms with E-state index in [2.05, 4.69) is 86.6 Å². The van der Waals surface area contributed by atoms with E-state index in [0.717, 1.165) is 41.3 Å². The molecule has 3 aromatic rings. The van der Waals surface area contributed by atoms with Gasteiger partial charge in [0.25, 0.3) is 0 Å². The van der Waals surface area contributed by atoms with E-state index in [1.807, 2.05) is 18.2 Å². The SMILES string of the molecule is CCCCCCCC(=O)OP(CCC)(c1ccccc1)(c1ccccc1)c1ccccc1. The summed E-state index contributed by atoms with van der Waals surface area (Å²) < 4.78 is 6.92. The van der Waals surface area contributed by atoms with Crippen molar-refractivity contribution >= 4 is 28.7 Å². The van der Waals surface area contributed by atoms with E-state index >= 15 is 0 Å². The topological polar surface area (TPSA) is 26.3 Å². The maximum atomic E-state index is 13.5. The van der Waals surface area contributed by atoms with Crippen molar-refractivity contribution in [3.05, 3.63) is 91.0 Å². The molecule has 0 saturated carbocycles. The molecule has 2 nitrogen and oxygen atoms in total. The molecule has 3 heteroatoms. The molecule has 3 aromatic carbocycles. The number of unbranched alkanes of at least 4 members (excludes halogenated alkanes) is 4. The fourth-order valence-electron chi connectivity index (χ4n) is 4.84. The Morgan fingerprint density at radius 2 is 1.06 bits per heavy atom. The Morgan fingerprint density at radius 1 is 0.625 bits per heavy atom. The van der Waals surface area contributed by atoms with Gasteiger partial charge in [0.05, 0.1) is 0 Å². The molecular weight excluding hydrogens is 411 g/mol. The third-order valence-electron chi connectivity index (χ3n) is 6.35. The zero-order valence-electron chi connectivity index (χ0n) is 19.6. The Kier molecular flexibility index (Phi) is 8.65. The molecule has 0 fully saturated rings. The molecule has 0 aliphatic rings. The molecule has 0 aliphatic heterocycles. The molecule has 0 aliphatic carbocycles. The van der Waals surface area contributed by atoms with Crippen LogP contribution in [0.5, 0.6) is 0 Å². The van der Waals surface area contributed by atoms with Crippen molar-refractivity contribution in [1.29, 1.82) is 0 Å². The van der Waals surface area contributed by atoms with Crippen LogP contribution in [0.25, 0.3) is 0 Å². The van der Waals surface area contributed by atoms with Gasteiger partial charge in [-0.25, -0.2) is 0 Å². The summed E-state index contributed by atoms with van der Waals surface area (Å²) in [5.74, 6) is -0.0795. The number of hydrogen-bond acceptors (Lipinski definition) is 2. The van der Waals surface area contributed by atoms with Gasteiger partial charge >= 0.3 is 194 Å². The predicted octanol–water partition coefficient (Wildman–Crippen LogP) is 6.74. The summed E-state index contributed by atoms with van der Waals surface area (Å²) in [7, 11) is 0. The van der Waals surface area contributed by atoms with Gasteiger partial charge in [-0.1, -0.05) is 0 Å². The molecule has 0 amide bonds. The minimum atomic E-state index is -3.48. The van der Waals surface area contributed by atoms with E-state index in [0.29, 0.717) is 6.42 Å². The van der Waals surface area contributed by atoms with Crippen molar-refractivity contribution < 1.29 is 9.32 Å². The first-order valence-corrected chi connectivity index (χ1v) is 14.4. The second-order valence-corrected chi connectivity index (χ2v) is 13.2. The molecule has 0 radical (unpaired) electrons. The Balaban J connectivity index is 2.17. The van der Waals surface area contributed by atoms with Crippen molar-refractivity contribution in [2.45, 2.75) is 58.8 Å². The maximum absolute atomic E-state index is 13.5. The third kappa shape index (κ3) is 4.81. The van der Waals surface area contributed by atoms with Crippen LogP contribution in [0, 0.1) is 0 Å². The number of carbonyl (C=O) groups excluding carboxylic acids is 1. The van der Waals surface area contributed by atoms with Crippen LogP contribution in [0.15, 0.2) is 91.0 Å². The Hall–Kier alpha value is -2.44. The van der Waals surface area contributed by atoms with Gasteiger partial charge in [-0.15, -0.1) is 0 Å². The van der Waals surface area contributed by atoms with Crippen molar-refractivity contribution in [2.24, 2.45) is 0 Å². The molecular formula is C29H37O2P. The van der Waals surface area contributed by atoms with Crippen molar-refractivity contribution in [3.8, 4) is 0 Å². The summed E-state index contributed by atoms with van der Waals surface area (Å²) in [4.78, 5) is 13.5. The third-order valence-corrected chi connectivity index (χ3v) is 12.4. The molecule has 0 aromatic heterocycles. The van der Waals surface area contributed by atoms with E-state index in [1.54, 1.807) is 0 Å². The standard InChI is InChI=1S/C29H37O2P/c1-3-5-6-7-17-24-29(30)31-32(25-4-2,26-18-11-8-12-19-26,27-20-13-9-14-21-27)28-22-15-10-16-23-28/h8-16,18-23H,3-7,17,24-25H2,1-2H3. The van der Waals surface area contributed by atoms with Crippen LogP contribution in [0.1, 0.15) is 58.8 Å². The average molecular weight is 449 g/mol. The minimum absolute atomic E-state index is 0.0795. The van der Waals surface area contributed by atoms with Gasteiger partial charge in [-0.2, -0.15) is 0 Å². The fraction of sp³-hybridized carbons (Fsp3) is 0.345. The number of benzene rings is 3. The summed E-state index contributed by atoms with van der Waals surface area (Å²) in [5, 5.41) is 3.37. The van der Waals surface area contributed by atoms with E-state index < -0.39 is 6.83 Å². The first-order chi connectivity index (χ1) is 15.7. The normalized spacial score (nSPS) is 12.6. The molecule has 0 spiro atoms. The number of hydrogen-bond donors (Lipinski definition) is 0. The van der Waals surface area contributed by atoms with Gasteiger partial charge in [0, 0.05) is 0 Å². The van der Waals surface area contributed by atoms with Crippen LogP contribution in [0.3, 0.4) is 0 Å². The molecule has 3 rings (SSSR count). The number of carbonyl (C=O) groups is 1. The molecule has 32 heavy (non-hydrogen) atoms. The van der Waals surface area contributed by atoms with Crippen LogP contribution in [0.4, 0.5) is 0 Å². The van der Waals surface area contributed by atoms with Crippen LogP contribution < -0.4 is 15.9 Å². The molecule has 0 heterocycles. The van der Waals surface area contributed by atoms with Crippen LogP contribution in [-0.2, 0) is 9.32 Å². The quantitative estimate of drug-likeness (QED) is 0.226. The summed E-state index contributed by atoms with van der Waals surface area (Å²) in [5.41, 5.74) is 0. The van der Waals surface area contributed by atoms with E-state index in [1.165, 1.54) is 19.3 Å². The Morgan fingerprint density at radius 3 is 1.47 bits per heavy atom. The zero-order valence-corrected chi connectivity index (χ0v) is 20.5. The average Bonchev–Trinajstić information content (AvgIpc) is 2.85. The summed E-state index contributed by atoms with van der Waals surface area (Å²) in [6.45, 7) is 0.918. The number of rotatable bonds is 12. The van der Waals surface area contributed by atoms with Crippen LogP contribution in [0.2, 0.25) is 0 Å². The van der Waals surface area contributed by atoms with E-state index in [-0.39, 0.29) is 5.97 Å². The van der Waals surface area contributed by atoms with Gasteiger partial charge in [0.2, 0.25) is 0 Å². The van der Waals surface area contributed by atoms with Crippen LogP contribution >= 0.6 is 6.83 Å². The summed E-state index contributed by atoms with van der Waals surface area (Å²) in [6, 6.07) is 31.4.